The van der Waals surface area contributed by atoms with Gasteiger partial charge in [-0.05, 0) is 36.8 Å². The summed E-state index contributed by atoms with van der Waals surface area (Å²) in [6, 6.07) is 4.39. The molecule has 3 heteroatoms. The van der Waals surface area contributed by atoms with E-state index in [1.54, 1.807) is 0 Å². The van der Waals surface area contributed by atoms with Crippen LogP contribution in [0.2, 0.25) is 0 Å². The third kappa shape index (κ3) is 2.95. The molecule has 2 unspecified atom stereocenters. The van der Waals surface area contributed by atoms with Crippen molar-refractivity contribution in [2.45, 2.75) is 51.6 Å². The minimum atomic E-state index is 0.246. The van der Waals surface area contributed by atoms with Crippen LogP contribution in [0.15, 0.2) is 17.5 Å². The maximum atomic E-state index is 6.17. The lowest BCUT2D eigenvalue weighted by Gasteiger charge is -2.47. The maximum Gasteiger partial charge on any atom is 0.0338 e. The molecular formula is C15H26N2S. The molecule has 1 aliphatic rings. The van der Waals surface area contributed by atoms with Crippen molar-refractivity contribution >= 4 is 11.3 Å². The van der Waals surface area contributed by atoms with Gasteiger partial charge in [0.05, 0.1) is 0 Å². The average molecular weight is 266 g/mol. The van der Waals surface area contributed by atoms with Crippen LogP contribution in [0.1, 0.15) is 44.4 Å². The molecular weight excluding hydrogens is 240 g/mol. The Kier molecular flexibility index (Phi) is 4.82. The Labute approximate surface area is 115 Å². The lowest BCUT2D eigenvalue weighted by atomic mass is 9.75. The summed E-state index contributed by atoms with van der Waals surface area (Å²) in [7, 11) is 0. The molecule has 0 saturated heterocycles. The Morgan fingerprint density at radius 2 is 2.39 bits per heavy atom. The fourth-order valence-corrected chi connectivity index (χ4v) is 4.16. The van der Waals surface area contributed by atoms with Crippen molar-refractivity contribution in [3.05, 3.63) is 22.4 Å². The highest BCUT2D eigenvalue weighted by molar-refractivity contribution is 7.09. The Morgan fingerprint density at radius 1 is 1.56 bits per heavy atom. The minimum Gasteiger partial charge on any atom is -0.329 e. The second-order valence-electron chi connectivity index (χ2n) is 5.72. The van der Waals surface area contributed by atoms with E-state index >= 15 is 0 Å². The number of nitrogens with two attached hydrogens (primary N) is 1. The van der Waals surface area contributed by atoms with Gasteiger partial charge in [-0.15, -0.1) is 11.3 Å². The van der Waals surface area contributed by atoms with Crippen molar-refractivity contribution in [2.75, 3.05) is 13.1 Å². The van der Waals surface area contributed by atoms with Crippen LogP contribution < -0.4 is 5.73 Å². The largest absolute Gasteiger partial charge is 0.329 e. The first kappa shape index (κ1) is 14.0. The van der Waals surface area contributed by atoms with Gasteiger partial charge in [0.2, 0.25) is 0 Å². The van der Waals surface area contributed by atoms with Crippen LogP contribution in [0.4, 0.5) is 0 Å². The Morgan fingerprint density at radius 3 is 2.94 bits per heavy atom. The van der Waals surface area contributed by atoms with Crippen LogP contribution in [0, 0.1) is 5.92 Å². The van der Waals surface area contributed by atoms with E-state index in [9.17, 15) is 0 Å². The minimum absolute atomic E-state index is 0.246. The molecule has 18 heavy (non-hydrogen) atoms. The van der Waals surface area contributed by atoms with Gasteiger partial charge in [0, 0.05) is 23.5 Å². The molecule has 0 spiro atoms. The Bertz CT molecular complexity index is 349. The van der Waals surface area contributed by atoms with Crippen molar-refractivity contribution in [3.63, 3.8) is 0 Å². The quantitative estimate of drug-likeness (QED) is 0.884. The molecule has 1 aliphatic carbocycles. The van der Waals surface area contributed by atoms with Crippen molar-refractivity contribution in [3.8, 4) is 0 Å². The SMILES string of the molecule is CCN(Cc1cccs1)C1(CN)CCCC(C)C1. The van der Waals surface area contributed by atoms with Crippen LogP contribution in [-0.4, -0.2) is 23.5 Å². The number of thiophene rings is 1. The molecule has 1 saturated carbocycles. The van der Waals surface area contributed by atoms with Gasteiger partial charge in [-0.1, -0.05) is 32.8 Å². The first-order valence-corrected chi connectivity index (χ1v) is 8.05. The summed E-state index contributed by atoms with van der Waals surface area (Å²) < 4.78 is 0. The van der Waals surface area contributed by atoms with Gasteiger partial charge in [-0.25, -0.2) is 0 Å². The standard InChI is InChI=1S/C15H26N2S/c1-3-17(11-14-7-5-9-18-14)15(12-16)8-4-6-13(2)10-15/h5,7,9,13H,3-4,6,8,10-12,16H2,1-2H3. The highest BCUT2D eigenvalue weighted by Crippen LogP contribution is 2.37. The fourth-order valence-electron chi connectivity index (χ4n) is 3.44. The van der Waals surface area contributed by atoms with Gasteiger partial charge in [-0.2, -0.15) is 0 Å². The normalized spacial score (nSPS) is 28.8. The molecule has 1 aromatic rings. The molecule has 2 N–H and O–H groups in total. The Hall–Kier alpha value is -0.380. The maximum absolute atomic E-state index is 6.17. The van der Waals surface area contributed by atoms with Gasteiger partial charge >= 0.3 is 0 Å². The molecule has 102 valence electrons. The topological polar surface area (TPSA) is 29.3 Å². The number of likely N-dealkylation sites (N-methyl/N-ethyl adjacent to an activating group) is 1. The van der Waals surface area contributed by atoms with E-state index < -0.39 is 0 Å². The zero-order valence-electron chi connectivity index (χ0n) is 11.7. The van der Waals surface area contributed by atoms with Crippen LogP contribution in [0.3, 0.4) is 0 Å². The van der Waals surface area contributed by atoms with Crippen LogP contribution in [0.25, 0.3) is 0 Å². The molecule has 1 heterocycles. The molecule has 0 aromatic carbocycles. The monoisotopic (exact) mass is 266 g/mol. The summed E-state index contributed by atoms with van der Waals surface area (Å²) >= 11 is 1.86. The smallest absolute Gasteiger partial charge is 0.0338 e. The van der Waals surface area contributed by atoms with Gasteiger partial charge in [0.1, 0.15) is 0 Å². The second-order valence-corrected chi connectivity index (χ2v) is 6.76. The molecule has 0 amide bonds. The van der Waals surface area contributed by atoms with Crippen molar-refractivity contribution in [1.82, 2.24) is 4.90 Å². The number of rotatable bonds is 5. The summed E-state index contributed by atoms with van der Waals surface area (Å²) in [5.41, 5.74) is 6.41. The summed E-state index contributed by atoms with van der Waals surface area (Å²) in [6.45, 7) is 7.61. The predicted molar refractivity (Wildman–Crippen MR) is 79.8 cm³/mol. The lowest BCUT2D eigenvalue weighted by molar-refractivity contribution is 0.0375. The van der Waals surface area contributed by atoms with Crippen molar-refractivity contribution in [2.24, 2.45) is 11.7 Å². The van der Waals surface area contributed by atoms with E-state index in [1.807, 2.05) is 11.3 Å². The van der Waals surface area contributed by atoms with E-state index in [2.05, 4.69) is 36.3 Å². The third-order valence-electron chi connectivity index (χ3n) is 4.43. The zero-order valence-corrected chi connectivity index (χ0v) is 12.5. The van der Waals surface area contributed by atoms with Gasteiger partial charge in [0.15, 0.2) is 0 Å². The first-order chi connectivity index (χ1) is 8.70. The molecule has 2 rings (SSSR count). The molecule has 0 bridgehead atoms. The fraction of sp³-hybridized carbons (Fsp3) is 0.733. The molecule has 2 atom stereocenters. The van der Waals surface area contributed by atoms with Crippen LogP contribution >= 0.6 is 11.3 Å². The Balaban J connectivity index is 2.12. The highest BCUT2D eigenvalue weighted by Gasteiger charge is 2.38. The number of hydrogen-bond donors (Lipinski definition) is 1. The predicted octanol–water partition coefficient (Wildman–Crippen LogP) is 3.48. The van der Waals surface area contributed by atoms with Crippen molar-refractivity contribution in [1.29, 1.82) is 0 Å². The van der Waals surface area contributed by atoms with Gasteiger partial charge in [-0.3, -0.25) is 4.90 Å². The molecule has 0 aliphatic heterocycles. The highest BCUT2D eigenvalue weighted by atomic mass is 32.1. The van der Waals surface area contributed by atoms with E-state index in [-0.39, 0.29) is 5.54 Å². The summed E-state index contributed by atoms with van der Waals surface area (Å²) in [5, 5.41) is 2.17. The third-order valence-corrected chi connectivity index (χ3v) is 5.29. The lowest BCUT2D eigenvalue weighted by Crippen LogP contribution is -2.55. The van der Waals surface area contributed by atoms with Crippen molar-refractivity contribution < 1.29 is 0 Å². The summed E-state index contributed by atoms with van der Waals surface area (Å²) in [4.78, 5) is 4.08. The summed E-state index contributed by atoms with van der Waals surface area (Å²) in [5.74, 6) is 0.819. The van der Waals surface area contributed by atoms with Crippen LogP contribution in [-0.2, 0) is 6.54 Å². The number of hydrogen-bond acceptors (Lipinski definition) is 3. The van der Waals surface area contributed by atoms with Gasteiger partial charge < -0.3 is 5.73 Å². The summed E-state index contributed by atoms with van der Waals surface area (Å²) in [6.07, 6.45) is 5.24. The first-order valence-electron chi connectivity index (χ1n) is 7.17. The second kappa shape index (κ2) is 6.18. The van der Waals surface area contributed by atoms with E-state index in [0.29, 0.717) is 0 Å². The molecule has 2 nitrogen and oxygen atoms in total. The molecule has 1 aromatic heterocycles. The number of nitrogens with zero attached hydrogens (tertiary/aromatic N) is 1. The van der Waals surface area contributed by atoms with E-state index in [1.165, 1.54) is 30.6 Å². The van der Waals surface area contributed by atoms with Gasteiger partial charge in [0.25, 0.3) is 0 Å². The molecule has 0 radical (unpaired) electrons. The average Bonchev–Trinajstić information content (AvgIpc) is 2.88. The zero-order chi connectivity index (χ0) is 13.0. The molecule has 1 fully saturated rings. The van der Waals surface area contributed by atoms with E-state index in [4.69, 9.17) is 5.73 Å². The van der Waals surface area contributed by atoms with E-state index in [0.717, 1.165) is 25.6 Å². The van der Waals surface area contributed by atoms with Crippen LogP contribution in [0.5, 0.6) is 0 Å².